The molecule has 104 valence electrons. The molecule has 1 aromatic heterocycles. The highest BCUT2D eigenvalue weighted by molar-refractivity contribution is 5.44. The maximum Gasteiger partial charge on any atom is 0.225 e. The van der Waals surface area contributed by atoms with Crippen LogP contribution in [-0.2, 0) is 0 Å². The Kier molecular flexibility index (Phi) is 3.81. The van der Waals surface area contributed by atoms with E-state index in [2.05, 4.69) is 44.5 Å². The average Bonchev–Trinajstić information content (AvgIpc) is 2.49. The molecule has 1 unspecified atom stereocenters. The van der Waals surface area contributed by atoms with E-state index >= 15 is 0 Å². The second-order valence-electron chi connectivity index (χ2n) is 5.36. The van der Waals surface area contributed by atoms with Crippen LogP contribution in [0.15, 0.2) is 42.7 Å². The normalized spacial score (nSPS) is 18.9. The van der Waals surface area contributed by atoms with Crippen LogP contribution in [0.1, 0.15) is 18.4 Å². The van der Waals surface area contributed by atoms with Gasteiger partial charge in [-0.05, 0) is 37.5 Å². The Morgan fingerprint density at radius 3 is 2.65 bits per heavy atom. The molecule has 0 bridgehead atoms. The van der Waals surface area contributed by atoms with Gasteiger partial charge in [0, 0.05) is 37.2 Å². The molecule has 1 saturated heterocycles. The summed E-state index contributed by atoms with van der Waals surface area (Å²) in [6.07, 6.45) is 6.13. The first kappa shape index (κ1) is 12.9. The van der Waals surface area contributed by atoms with Crippen molar-refractivity contribution in [1.82, 2.24) is 9.97 Å². The molecule has 1 aromatic carbocycles. The Morgan fingerprint density at radius 1 is 1.15 bits per heavy atom. The van der Waals surface area contributed by atoms with E-state index in [0.717, 1.165) is 24.6 Å². The van der Waals surface area contributed by atoms with Gasteiger partial charge in [0.15, 0.2) is 0 Å². The highest BCUT2D eigenvalue weighted by Gasteiger charge is 2.21. The van der Waals surface area contributed by atoms with Crippen molar-refractivity contribution in [2.45, 2.75) is 25.8 Å². The zero-order valence-corrected chi connectivity index (χ0v) is 11.8. The van der Waals surface area contributed by atoms with E-state index in [0.29, 0.717) is 6.04 Å². The lowest BCUT2D eigenvalue weighted by atomic mass is 10.1. The van der Waals surface area contributed by atoms with Crippen molar-refractivity contribution < 1.29 is 0 Å². The van der Waals surface area contributed by atoms with Crippen LogP contribution in [0.2, 0.25) is 0 Å². The fourth-order valence-electron chi connectivity index (χ4n) is 2.60. The van der Waals surface area contributed by atoms with Crippen molar-refractivity contribution in [3.63, 3.8) is 0 Å². The predicted octanol–water partition coefficient (Wildman–Crippen LogP) is 2.87. The number of piperidine rings is 1. The fourth-order valence-corrected chi connectivity index (χ4v) is 2.60. The molecular formula is C16H20N4. The van der Waals surface area contributed by atoms with Gasteiger partial charge in [-0.1, -0.05) is 18.2 Å². The zero-order chi connectivity index (χ0) is 13.8. The number of hydrogen-bond donors (Lipinski definition) is 1. The minimum Gasteiger partial charge on any atom is -0.381 e. The molecule has 1 aliphatic rings. The summed E-state index contributed by atoms with van der Waals surface area (Å²) in [7, 11) is 0. The number of anilines is 2. The van der Waals surface area contributed by atoms with Crippen LogP contribution in [0.25, 0.3) is 0 Å². The Hall–Kier alpha value is -2.10. The molecule has 20 heavy (non-hydrogen) atoms. The standard InChI is InChI=1S/C16H20N4/c1-13-10-17-16(18-11-13)20-9-5-8-15(12-20)19-14-6-3-2-4-7-14/h2-4,6-7,10-11,15,19H,5,8-9,12H2,1H3. The molecule has 0 radical (unpaired) electrons. The van der Waals surface area contributed by atoms with Gasteiger partial charge in [0.25, 0.3) is 0 Å². The molecule has 1 atom stereocenters. The fraction of sp³-hybridized carbons (Fsp3) is 0.375. The average molecular weight is 268 g/mol. The molecule has 2 heterocycles. The van der Waals surface area contributed by atoms with E-state index < -0.39 is 0 Å². The number of hydrogen-bond acceptors (Lipinski definition) is 4. The lowest BCUT2D eigenvalue weighted by Gasteiger charge is -2.33. The third-order valence-electron chi connectivity index (χ3n) is 3.62. The van der Waals surface area contributed by atoms with Crippen LogP contribution in [0.3, 0.4) is 0 Å². The molecule has 1 fully saturated rings. The second kappa shape index (κ2) is 5.90. The molecular weight excluding hydrogens is 248 g/mol. The molecule has 0 saturated carbocycles. The molecule has 4 heteroatoms. The number of rotatable bonds is 3. The Labute approximate surface area is 119 Å². The minimum atomic E-state index is 0.455. The van der Waals surface area contributed by atoms with Gasteiger partial charge in [0.05, 0.1) is 0 Å². The SMILES string of the molecule is Cc1cnc(N2CCCC(Nc3ccccc3)C2)nc1. The van der Waals surface area contributed by atoms with Crippen molar-refractivity contribution in [1.29, 1.82) is 0 Å². The highest BCUT2D eigenvalue weighted by Crippen LogP contribution is 2.19. The largest absolute Gasteiger partial charge is 0.381 e. The summed E-state index contributed by atoms with van der Waals surface area (Å²) in [6.45, 7) is 4.01. The number of benzene rings is 1. The van der Waals surface area contributed by atoms with Gasteiger partial charge >= 0.3 is 0 Å². The molecule has 2 aromatic rings. The van der Waals surface area contributed by atoms with Crippen molar-refractivity contribution in [2.24, 2.45) is 0 Å². The van der Waals surface area contributed by atoms with E-state index in [9.17, 15) is 0 Å². The summed E-state index contributed by atoms with van der Waals surface area (Å²) in [5, 5.41) is 3.59. The number of aryl methyl sites for hydroxylation is 1. The second-order valence-corrected chi connectivity index (χ2v) is 5.36. The van der Waals surface area contributed by atoms with Crippen molar-refractivity contribution in [3.8, 4) is 0 Å². The number of nitrogens with zero attached hydrogens (tertiary/aromatic N) is 3. The third kappa shape index (κ3) is 3.07. The van der Waals surface area contributed by atoms with E-state index in [4.69, 9.17) is 0 Å². The lowest BCUT2D eigenvalue weighted by Crippen LogP contribution is -2.42. The third-order valence-corrected chi connectivity index (χ3v) is 3.62. The van der Waals surface area contributed by atoms with Crippen LogP contribution < -0.4 is 10.2 Å². The van der Waals surface area contributed by atoms with Gasteiger partial charge in [-0.3, -0.25) is 0 Å². The molecule has 0 amide bonds. The maximum atomic E-state index is 4.43. The van der Waals surface area contributed by atoms with E-state index in [-0.39, 0.29) is 0 Å². The van der Waals surface area contributed by atoms with Crippen LogP contribution in [-0.4, -0.2) is 29.1 Å². The predicted molar refractivity (Wildman–Crippen MR) is 82.1 cm³/mol. The number of nitrogens with one attached hydrogen (secondary N) is 1. The summed E-state index contributed by atoms with van der Waals surface area (Å²) in [6, 6.07) is 10.8. The smallest absolute Gasteiger partial charge is 0.225 e. The topological polar surface area (TPSA) is 41.1 Å². The van der Waals surface area contributed by atoms with Gasteiger partial charge in [0.1, 0.15) is 0 Å². The van der Waals surface area contributed by atoms with Gasteiger partial charge < -0.3 is 10.2 Å². The van der Waals surface area contributed by atoms with Crippen LogP contribution in [0.4, 0.5) is 11.6 Å². The summed E-state index contributed by atoms with van der Waals surface area (Å²) < 4.78 is 0. The molecule has 0 spiro atoms. The summed E-state index contributed by atoms with van der Waals surface area (Å²) in [5.41, 5.74) is 2.29. The van der Waals surface area contributed by atoms with Gasteiger partial charge in [0.2, 0.25) is 5.95 Å². The van der Waals surface area contributed by atoms with Crippen molar-refractivity contribution in [2.75, 3.05) is 23.3 Å². The first-order valence-corrected chi connectivity index (χ1v) is 7.16. The van der Waals surface area contributed by atoms with Crippen molar-refractivity contribution >= 4 is 11.6 Å². The van der Waals surface area contributed by atoms with Gasteiger partial charge in [-0.2, -0.15) is 0 Å². The summed E-state index contributed by atoms with van der Waals surface area (Å²) in [5.74, 6) is 0.843. The van der Waals surface area contributed by atoms with Crippen LogP contribution in [0.5, 0.6) is 0 Å². The quantitative estimate of drug-likeness (QED) is 0.929. The van der Waals surface area contributed by atoms with Gasteiger partial charge in [-0.25, -0.2) is 9.97 Å². The molecule has 4 nitrogen and oxygen atoms in total. The van der Waals surface area contributed by atoms with E-state index in [1.165, 1.54) is 18.5 Å². The molecule has 1 aliphatic heterocycles. The molecule has 0 aliphatic carbocycles. The highest BCUT2D eigenvalue weighted by atomic mass is 15.3. The van der Waals surface area contributed by atoms with E-state index in [1.54, 1.807) is 0 Å². The van der Waals surface area contributed by atoms with Gasteiger partial charge in [-0.15, -0.1) is 0 Å². The summed E-state index contributed by atoms with van der Waals surface area (Å²) in [4.78, 5) is 11.1. The lowest BCUT2D eigenvalue weighted by molar-refractivity contribution is 0.522. The first-order valence-electron chi connectivity index (χ1n) is 7.16. The van der Waals surface area contributed by atoms with Crippen molar-refractivity contribution in [3.05, 3.63) is 48.3 Å². The summed E-state index contributed by atoms with van der Waals surface area (Å²) >= 11 is 0. The molecule has 1 N–H and O–H groups in total. The Bertz CT molecular complexity index is 538. The zero-order valence-electron chi connectivity index (χ0n) is 11.8. The molecule has 3 rings (SSSR count). The number of para-hydroxylation sites is 1. The van der Waals surface area contributed by atoms with Crippen LogP contribution in [0, 0.1) is 6.92 Å². The van der Waals surface area contributed by atoms with E-state index in [1.807, 2.05) is 25.4 Å². The number of aromatic nitrogens is 2. The maximum absolute atomic E-state index is 4.43. The first-order chi connectivity index (χ1) is 9.81. The monoisotopic (exact) mass is 268 g/mol. The van der Waals surface area contributed by atoms with Crippen LogP contribution >= 0.6 is 0 Å². The Morgan fingerprint density at radius 2 is 1.90 bits per heavy atom. The minimum absolute atomic E-state index is 0.455. The Balaban J connectivity index is 1.66.